The predicted octanol–water partition coefficient (Wildman–Crippen LogP) is 3.86. The van der Waals surface area contributed by atoms with Gasteiger partial charge in [0.25, 0.3) is 5.69 Å². The molecule has 1 heterocycles. The number of rotatable bonds is 7. The molecule has 0 spiro atoms. The van der Waals surface area contributed by atoms with Gasteiger partial charge in [0.2, 0.25) is 0 Å². The van der Waals surface area contributed by atoms with Gasteiger partial charge in [0.05, 0.1) is 30.4 Å². The molecule has 8 heteroatoms. The smallest absolute Gasteiger partial charge is 0.273 e. The van der Waals surface area contributed by atoms with Crippen LogP contribution in [0, 0.1) is 10.1 Å². The minimum Gasteiger partial charge on any atom is -0.497 e. The fourth-order valence-electron chi connectivity index (χ4n) is 3.73. The van der Waals surface area contributed by atoms with E-state index in [1.165, 1.54) is 10.9 Å². The number of benzene rings is 3. The van der Waals surface area contributed by atoms with Crippen LogP contribution in [0.2, 0.25) is 0 Å². The second-order valence-corrected chi connectivity index (χ2v) is 7.16. The summed E-state index contributed by atoms with van der Waals surface area (Å²) in [5.41, 5.74) is 3.91. The monoisotopic (exact) mass is 418 g/mol. The first-order chi connectivity index (χ1) is 15.0. The maximum absolute atomic E-state index is 11.8. The van der Waals surface area contributed by atoms with Gasteiger partial charge in [-0.05, 0) is 41.5 Å². The van der Waals surface area contributed by atoms with Gasteiger partial charge in [-0.25, -0.2) is 0 Å². The van der Waals surface area contributed by atoms with Crippen molar-refractivity contribution in [2.24, 2.45) is 0 Å². The number of methoxy groups -OCH3 is 2. The number of nitrogens with zero attached hydrogens (tertiary/aromatic N) is 3. The molecule has 158 valence electrons. The van der Waals surface area contributed by atoms with Crippen molar-refractivity contribution in [3.8, 4) is 11.5 Å². The highest BCUT2D eigenvalue weighted by molar-refractivity contribution is 5.89. The van der Waals surface area contributed by atoms with E-state index in [0.29, 0.717) is 35.0 Å². The number of nitrogen functional groups attached to an aromatic ring is 1. The molecule has 0 saturated heterocycles. The highest BCUT2D eigenvalue weighted by Gasteiger charge is 2.23. The van der Waals surface area contributed by atoms with E-state index in [-0.39, 0.29) is 10.6 Å². The van der Waals surface area contributed by atoms with Crippen molar-refractivity contribution in [1.29, 1.82) is 0 Å². The molecular formula is C23H22N4O4. The number of aromatic nitrogens is 2. The summed E-state index contributed by atoms with van der Waals surface area (Å²) >= 11 is 0. The van der Waals surface area contributed by atoms with Crippen molar-refractivity contribution >= 4 is 16.6 Å². The Balaban J connectivity index is 1.82. The van der Waals surface area contributed by atoms with Crippen LogP contribution in [-0.2, 0) is 12.8 Å². The first-order valence-corrected chi connectivity index (χ1v) is 9.69. The van der Waals surface area contributed by atoms with Crippen molar-refractivity contribution in [2.75, 3.05) is 20.1 Å². The molecule has 0 bridgehead atoms. The van der Waals surface area contributed by atoms with E-state index in [1.54, 1.807) is 20.3 Å². The van der Waals surface area contributed by atoms with Crippen LogP contribution in [0.4, 0.5) is 5.69 Å². The van der Waals surface area contributed by atoms with Gasteiger partial charge in [-0.15, -0.1) is 0 Å². The molecule has 31 heavy (non-hydrogen) atoms. The summed E-state index contributed by atoms with van der Waals surface area (Å²) in [5.74, 6) is 7.59. The first-order valence-electron chi connectivity index (χ1n) is 9.69. The Kier molecular flexibility index (Phi) is 5.44. The van der Waals surface area contributed by atoms with Crippen LogP contribution in [-0.4, -0.2) is 29.0 Å². The number of fused-ring (bicyclic) bond motifs is 1. The third-order valence-corrected chi connectivity index (χ3v) is 5.30. The quantitative estimate of drug-likeness (QED) is 0.278. The molecule has 0 atom stereocenters. The van der Waals surface area contributed by atoms with E-state index in [0.717, 1.165) is 22.6 Å². The standard InChI is InChI=1S/C23H22N4O4/c1-30-17-7-3-15(4-8-17)13-19-21(27(28)29)11-12-22-23(19)20(25-26(22)24)14-16-5-9-18(31-2)10-6-16/h3-12H,13-14,24H2,1-2H3. The number of hydrogen-bond donors (Lipinski definition) is 1. The number of hydrogen-bond acceptors (Lipinski definition) is 6. The predicted molar refractivity (Wildman–Crippen MR) is 118 cm³/mol. The second-order valence-electron chi connectivity index (χ2n) is 7.16. The van der Waals surface area contributed by atoms with E-state index in [9.17, 15) is 10.1 Å². The summed E-state index contributed by atoms with van der Waals surface area (Å²) < 4.78 is 10.4. The van der Waals surface area contributed by atoms with Gasteiger partial charge in [-0.3, -0.25) is 10.1 Å². The summed E-state index contributed by atoms with van der Waals surface area (Å²) in [4.78, 5) is 12.7. The molecule has 0 radical (unpaired) electrons. The van der Waals surface area contributed by atoms with Gasteiger partial charge in [-0.2, -0.15) is 9.89 Å². The zero-order valence-electron chi connectivity index (χ0n) is 17.2. The number of ether oxygens (including phenoxy) is 2. The first kappa shape index (κ1) is 20.2. The van der Waals surface area contributed by atoms with Crippen molar-refractivity contribution in [1.82, 2.24) is 9.89 Å². The third-order valence-electron chi connectivity index (χ3n) is 5.30. The summed E-state index contributed by atoms with van der Waals surface area (Å²) in [7, 11) is 3.21. The van der Waals surface area contributed by atoms with Gasteiger partial charge in [0, 0.05) is 29.9 Å². The maximum atomic E-state index is 11.8. The van der Waals surface area contributed by atoms with Gasteiger partial charge >= 0.3 is 0 Å². The Morgan fingerprint density at radius 1 is 0.903 bits per heavy atom. The topological polar surface area (TPSA) is 105 Å². The number of nitrogens with two attached hydrogens (primary N) is 1. The van der Waals surface area contributed by atoms with E-state index in [1.807, 2.05) is 48.5 Å². The van der Waals surface area contributed by atoms with Crippen molar-refractivity contribution in [3.63, 3.8) is 0 Å². The lowest BCUT2D eigenvalue weighted by atomic mass is 9.96. The average Bonchev–Trinajstić information content (AvgIpc) is 3.10. The molecule has 3 aromatic carbocycles. The second kappa shape index (κ2) is 8.35. The molecule has 2 N–H and O–H groups in total. The third kappa shape index (κ3) is 4.00. The average molecular weight is 418 g/mol. The zero-order valence-corrected chi connectivity index (χ0v) is 17.2. The fraction of sp³-hybridized carbons (Fsp3) is 0.174. The Bertz CT molecular complexity index is 1230. The minimum absolute atomic E-state index is 0.0484. The minimum atomic E-state index is -0.358. The lowest BCUT2D eigenvalue weighted by Crippen LogP contribution is -2.10. The lowest BCUT2D eigenvalue weighted by Gasteiger charge is -2.08. The van der Waals surface area contributed by atoms with Crippen LogP contribution in [0.3, 0.4) is 0 Å². The van der Waals surface area contributed by atoms with Crippen LogP contribution in [0.25, 0.3) is 10.9 Å². The normalized spacial score (nSPS) is 10.9. The molecule has 8 nitrogen and oxygen atoms in total. The van der Waals surface area contributed by atoms with Gasteiger partial charge in [-0.1, -0.05) is 24.3 Å². The highest BCUT2D eigenvalue weighted by atomic mass is 16.6. The largest absolute Gasteiger partial charge is 0.497 e. The molecule has 1 aromatic heterocycles. The van der Waals surface area contributed by atoms with Crippen molar-refractivity contribution in [2.45, 2.75) is 12.8 Å². The van der Waals surface area contributed by atoms with Gasteiger partial charge in [0.15, 0.2) is 0 Å². The summed E-state index contributed by atoms with van der Waals surface area (Å²) in [6.45, 7) is 0. The summed E-state index contributed by atoms with van der Waals surface area (Å²) in [6.07, 6.45) is 0.862. The Hall–Kier alpha value is -4.07. The lowest BCUT2D eigenvalue weighted by molar-refractivity contribution is -0.385. The number of nitro benzene ring substituents is 1. The van der Waals surface area contributed by atoms with E-state index in [2.05, 4.69) is 5.10 Å². The van der Waals surface area contributed by atoms with Crippen LogP contribution in [0.1, 0.15) is 22.4 Å². The van der Waals surface area contributed by atoms with E-state index < -0.39 is 0 Å². The van der Waals surface area contributed by atoms with Crippen LogP contribution in [0.15, 0.2) is 60.7 Å². The zero-order chi connectivity index (χ0) is 22.0. The molecule has 4 aromatic rings. The molecular weight excluding hydrogens is 396 g/mol. The van der Waals surface area contributed by atoms with Crippen LogP contribution in [0.5, 0.6) is 11.5 Å². The maximum Gasteiger partial charge on any atom is 0.273 e. The summed E-state index contributed by atoms with van der Waals surface area (Å²) in [6, 6.07) is 18.3. The molecule has 0 unspecified atom stereocenters. The molecule has 0 saturated carbocycles. The molecule has 0 fully saturated rings. The van der Waals surface area contributed by atoms with E-state index >= 15 is 0 Å². The molecule has 0 aliphatic carbocycles. The van der Waals surface area contributed by atoms with Crippen molar-refractivity contribution < 1.29 is 14.4 Å². The van der Waals surface area contributed by atoms with Crippen molar-refractivity contribution in [3.05, 3.63) is 93.2 Å². The molecule has 4 rings (SSSR count). The van der Waals surface area contributed by atoms with Gasteiger partial charge in [0.1, 0.15) is 11.5 Å². The highest BCUT2D eigenvalue weighted by Crippen LogP contribution is 2.33. The molecule has 0 amide bonds. The van der Waals surface area contributed by atoms with Crippen LogP contribution >= 0.6 is 0 Å². The SMILES string of the molecule is COc1ccc(Cc2nn(N)c3ccc([N+](=O)[O-])c(Cc4ccc(OC)cc4)c23)cc1. The Morgan fingerprint density at radius 2 is 1.45 bits per heavy atom. The fourth-order valence-corrected chi connectivity index (χ4v) is 3.73. The molecule has 0 aliphatic rings. The molecule has 0 aliphatic heterocycles. The summed E-state index contributed by atoms with van der Waals surface area (Å²) in [5, 5.41) is 17.0. The van der Waals surface area contributed by atoms with E-state index in [4.69, 9.17) is 15.3 Å². The van der Waals surface area contributed by atoms with Crippen LogP contribution < -0.4 is 15.3 Å². The Morgan fingerprint density at radius 3 is 1.97 bits per heavy atom. The number of nitro groups is 1. The Labute approximate surface area is 178 Å². The van der Waals surface area contributed by atoms with Gasteiger partial charge < -0.3 is 15.3 Å².